The third-order valence-corrected chi connectivity index (χ3v) is 2.00. The Kier molecular flexibility index (Phi) is 1.69. The van der Waals surface area contributed by atoms with Crippen LogP contribution in [0.15, 0.2) is 6.33 Å². The molecule has 0 aromatic carbocycles. The van der Waals surface area contributed by atoms with E-state index in [-0.39, 0.29) is 0 Å². The Morgan fingerprint density at radius 1 is 1.42 bits per heavy atom. The SMILES string of the molecule is CCc1[nH]nc2c(Cl)ncnc12. The van der Waals surface area contributed by atoms with Crippen LogP contribution in [0.1, 0.15) is 12.6 Å². The van der Waals surface area contributed by atoms with E-state index in [9.17, 15) is 0 Å². The van der Waals surface area contributed by atoms with Crippen molar-refractivity contribution in [3.63, 3.8) is 0 Å². The van der Waals surface area contributed by atoms with E-state index >= 15 is 0 Å². The number of aryl methyl sites for hydroxylation is 1. The summed E-state index contributed by atoms with van der Waals surface area (Å²) in [6, 6.07) is 0. The average molecular weight is 183 g/mol. The third-order valence-electron chi connectivity index (χ3n) is 1.72. The van der Waals surface area contributed by atoms with Gasteiger partial charge in [0.2, 0.25) is 0 Å². The van der Waals surface area contributed by atoms with Crippen molar-refractivity contribution in [3.8, 4) is 0 Å². The van der Waals surface area contributed by atoms with Gasteiger partial charge in [0.05, 0.1) is 5.69 Å². The molecule has 0 radical (unpaired) electrons. The first kappa shape index (κ1) is 7.49. The molecule has 2 aromatic rings. The molecule has 0 saturated carbocycles. The smallest absolute Gasteiger partial charge is 0.160 e. The fourth-order valence-corrected chi connectivity index (χ4v) is 1.28. The molecule has 0 bridgehead atoms. The Balaban J connectivity index is 2.80. The lowest BCUT2D eigenvalue weighted by Crippen LogP contribution is -1.84. The highest BCUT2D eigenvalue weighted by atomic mass is 35.5. The number of rotatable bonds is 1. The largest absolute Gasteiger partial charge is 0.280 e. The molecule has 0 atom stereocenters. The first-order valence-corrected chi connectivity index (χ1v) is 4.04. The maximum atomic E-state index is 5.79. The lowest BCUT2D eigenvalue weighted by Gasteiger charge is -1.90. The van der Waals surface area contributed by atoms with Gasteiger partial charge in [0.15, 0.2) is 5.15 Å². The molecule has 2 heterocycles. The van der Waals surface area contributed by atoms with E-state index in [1.807, 2.05) is 6.92 Å². The van der Waals surface area contributed by atoms with Gasteiger partial charge in [-0.25, -0.2) is 9.97 Å². The summed E-state index contributed by atoms with van der Waals surface area (Å²) in [6.07, 6.45) is 2.31. The molecule has 0 spiro atoms. The summed E-state index contributed by atoms with van der Waals surface area (Å²) in [7, 11) is 0. The van der Waals surface area contributed by atoms with Crippen molar-refractivity contribution in [2.75, 3.05) is 0 Å². The number of nitrogens with one attached hydrogen (secondary N) is 1. The van der Waals surface area contributed by atoms with Gasteiger partial charge >= 0.3 is 0 Å². The minimum atomic E-state index is 0.399. The van der Waals surface area contributed by atoms with Gasteiger partial charge in [-0.1, -0.05) is 18.5 Å². The van der Waals surface area contributed by atoms with Gasteiger partial charge < -0.3 is 0 Å². The van der Waals surface area contributed by atoms with Crippen molar-refractivity contribution in [3.05, 3.63) is 17.2 Å². The van der Waals surface area contributed by atoms with E-state index in [0.717, 1.165) is 17.6 Å². The van der Waals surface area contributed by atoms with Crippen LogP contribution in [-0.2, 0) is 6.42 Å². The number of hydrogen-bond donors (Lipinski definition) is 1. The highest BCUT2D eigenvalue weighted by Crippen LogP contribution is 2.18. The van der Waals surface area contributed by atoms with Crippen LogP contribution >= 0.6 is 11.6 Å². The summed E-state index contributed by atoms with van der Waals surface area (Å²) in [4.78, 5) is 7.91. The quantitative estimate of drug-likeness (QED) is 0.682. The van der Waals surface area contributed by atoms with Crippen molar-refractivity contribution < 1.29 is 0 Å². The molecule has 12 heavy (non-hydrogen) atoms. The average Bonchev–Trinajstić information content (AvgIpc) is 2.49. The number of hydrogen-bond acceptors (Lipinski definition) is 3. The summed E-state index contributed by atoms with van der Waals surface area (Å²) in [5, 5.41) is 7.27. The standard InChI is InChI=1S/C7H7ClN4/c1-2-4-5-6(12-11-4)7(8)10-3-9-5/h3H,2H2,1H3,(H,11,12). The molecule has 2 rings (SSSR count). The number of H-pyrrole nitrogens is 1. The van der Waals surface area contributed by atoms with Crippen LogP contribution in [-0.4, -0.2) is 20.2 Å². The van der Waals surface area contributed by atoms with Crippen molar-refractivity contribution in [2.24, 2.45) is 0 Å². The summed E-state index contributed by atoms with van der Waals surface area (Å²) in [5.74, 6) is 0. The lowest BCUT2D eigenvalue weighted by molar-refractivity contribution is 0.985. The van der Waals surface area contributed by atoms with Crippen LogP contribution in [0.25, 0.3) is 11.0 Å². The lowest BCUT2D eigenvalue weighted by atomic mass is 10.3. The fourth-order valence-electron chi connectivity index (χ4n) is 1.10. The second kappa shape index (κ2) is 2.71. The predicted molar refractivity (Wildman–Crippen MR) is 46.1 cm³/mol. The van der Waals surface area contributed by atoms with E-state index in [4.69, 9.17) is 11.6 Å². The molecule has 0 aliphatic carbocycles. The van der Waals surface area contributed by atoms with Gasteiger partial charge in [-0.2, -0.15) is 5.10 Å². The normalized spacial score (nSPS) is 10.8. The van der Waals surface area contributed by atoms with Crippen LogP contribution < -0.4 is 0 Å². The van der Waals surface area contributed by atoms with Crippen LogP contribution in [0.3, 0.4) is 0 Å². The maximum Gasteiger partial charge on any atom is 0.160 e. The first-order chi connectivity index (χ1) is 5.83. The van der Waals surface area contributed by atoms with Crippen molar-refractivity contribution in [2.45, 2.75) is 13.3 Å². The summed E-state index contributed by atoms with van der Waals surface area (Å²) < 4.78 is 0. The summed E-state index contributed by atoms with van der Waals surface area (Å²) >= 11 is 5.79. The molecule has 5 heteroatoms. The van der Waals surface area contributed by atoms with E-state index in [1.54, 1.807) is 0 Å². The van der Waals surface area contributed by atoms with Crippen molar-refractivity contribution >= 4 is 22.6 Å². The molecule has 0 unspecified atom stereocenters. The monoisotopic (exact) mass is 182 g/mol. The van der Waals surface area contributed by atoms with Gasteiger partial charge in [0.25, 0.3) is 0 Å². The van der Waals surface area contributed by atoms with E-state index < -0.39 is 0 Å². The molecule has 4 nitrogen and oxygen atoms in total. The zero-order valence-corrected chi connectivity index (χ0v) is 7.26. The van der Waals surface area contributed by atoms with E-state index in [1.165, 1.54) is 6.33 Å². The Morgan fingerprint density at radius 3 is 3.00 bits per heavy atom. The number of halogens is 1. The topological polar surface area (TPSA) is 54.5 Å². The van der Waals surface area contributed by atoms with Gasteiger partial charge in [0, 0.05) is 0 Å². The first-order valence-electron chi connectivity index (χ1n) is 3.66. The number of aromatic nitrogens is 4. The zero-order chi connectivity index (χ0) is 8.55. The molecular formula is C7H7ClN4. The number of fused-ring (bicyclic) bond motifs is 1. The van der Waals surface area contributed by atoms with Gasteiger partial charge in [0.1, 0.15) is 17.4 Å². The van der Waals surface area contributed by atoms with Gasteiger partial charge in [-0.3, -0.25) is 5.10 Å². The molecule has 1 N–H and O–H groups in total. The Bertz CT molecular complexity index is 409. The van der Waals surface area contributed by atoms with E-state index in [2.05, 4.69) is 20.2 Å². The Morgan fingerprint density at radius 2 is 2.25 bits per heavy atom. The Hall–Kier alpha value is -1.16. The molecule has 0 aliphatic heterocycles. The second-order valence-corrected chi connectivity index (χ2v) is 2.78. The molecular weight excluding hydrogens is 176 g/mol. The second-order valence-electron chi connectivity index (χ2n) is 2.42. The summed E-state index contributed by atoms with van der Waals surface area (Å²) in [5.41, 5.74) is 2.46. The molecule has 62 valence electrons. The Labute approximate surface area is 74.0 Å². The molecule has 0 amide bonds. The number of nitrogens with zero attached hydrogens (tertiary/aromatic N) is 3. The fraction of sp³-hybridized carbons (Fsp3) is 0.286. The minimum absolute atomic E-state index is 0.399. The van der Waals surface area contributed by atoms with Crippen LogP contribution in [0, 0.1) is 0 Å². The van der Waals surface area contributed by atoms with Crippen LogP contribution in [0.4, 0.5) is 0 Å². The zero-order valence-electron chi connectivity index (χ0n) is 6.50. The summed E-state index contributed by atoms with van der Waals surface area (Å²) in [6.45, 7) is 2.03. The van der Waals surface area contributed by atoms with Crippen LogP contribution in [0.2, 0.25) is 5.15 Å². The maximum absolute atomic E-state index is 5.79. The highest BCUT2D eigenvalue weighted by Gasteiger charge is 2.07. The van der Waals surface area contributed by atoms with Crippen molar-refractivity contribution in [1.82, 2.24) is 20.2 Å². The molecule has 0 aliphatic rings. The number of aromatic amines is 1. The third kappa shape index (κ3) is 0.956. The minimum Gasteiger partial charge on any atom is -0.280 e. The van der Waals surface area contributed by atoms with E-state index in [0.29, 0.717) is 10.7 Å². The van der Waals surface area contributed by atoms with Gasteiger partial charge in [-0.05, 0) is 6.42 Å². The van der Waals surface area contributed by atoms with Crippen LogP contribution in [0.5, 0.6) is 0 Å². The molecule has 2 aromatic heterocycles. The van der Waals surface area contributed by atoms with Crippen molar-refractivity contribution in [1.29, 1.82) is 0 Å². The molecule has 0 saturated heterocycles. The highest BCUT2D eigenvalue weighted by molar-refractivity contribution is 6.33. The predicted octanol–water partition coefficient (Wildman–Crippen LogP) is 1.57. The van der Waals surface area contributed by atoms with Gasteiger partial charge in [-0.15, -0.1) is 0 Å². The molecule has 0 fully saturated rings.